The van der Waals surface area contributed by atoms with E-state index in [0.717, 1.165) is 5.56 Å². The number of nitrogen functional groups attached to an aromatic ring is 1. The zero-order valence-corrected chi connectivity index (χ0v) is 10.1. The monoisotopic (exact) mass is 244 g/mol. The number of pyridine rings is 1. The van der Waals surface area contributed by atoms with E-state index in [1.165, 1.54) is 0 Å². The van der Waals surface area contributed by atoms with Gasteiger partial charge >= 0.3 is 0 Å². The summed E-state index contributed by atoms with van der Waals surface area (Å²) in [4.78, 5) is 4.03. The van der Waals surface area contributed by atoms with Crippen molar-refractivity contribution in [3.63, 3.8) is 0 Å². The van der Waals surface area contributed by atoms with E-state index >= 15 is 0 Å². The van der Waals surface area contributed by atoms with Crippen LogP contribution in [0.25, 0.3) is 0 Å². The lowest BCUT2D eigenvalue weighted by atomic mass is 10.2. The van der Waals surface area contributed by atoms with Gasteiger partial charge in [0, 0.05) is 6.20 Å². The number of aromatic nitrogens is 1. The molecule has 0 fully saturated rings. The van der Waals surface area contributed by atoms with Gasteiger partial charge in [0.05, 0.1) is 18.9 Å². The molecule has 2 rings (SSSR count). The largest absolute Gasteiger partial charge is 0.474 e. The fourth-order valence-corrected chi connectivity index (χ4v) is 1.49. The Kier molecular flexibility index (Phi) is 4.55. The van der Waals surface area contributed by atoms with Crippen molar-refractivity contribution in [3.8, 4) is 5.88 Å². The van der Waals surface area contributed by atoms with Crippen LogP contribution < -0.4 is 10.5 Å². The molecule has 94 valence electrons. The summed E-state index contributed by atoms with van der Waals surface area (Å²) >= 11 is 0. The van der Waals surface area contributed by atoms with Crippen molar-refractivity contribution in [2.45, 2.75) is 6.61 Å². The predicted octanol–water partition coefficient (Wildman–Crippen LogP) is 2.26. The molecule has 0 spiro atoms. The highest BCUT2D eigenvalue weighted by molar-refractivity contribution is 5.46. The summed E-state index contributed by atoms with van der Waals surface area (Å²) in [6, 6.07) is 13.5. The zero-order valence-electron chi connectivity index (χ0n) is 10.1. The second-order valence-corrected chi connectivity index (χ2v) is 3.78. The maximum atomic E-state index is 5.70. The first-order valence-corrected chi connectivity index (χ1v) is 5.81. The van der Waals surface area contributed by atoms with Crippen LogP contribution in [0.2, 0.25) is 0 Å². The van der Waals surface area contributed by atoms with Crippen molar-refractivity contribution in [2.24, 2.45) is 0 Å². The highest BCUT2D eigenvalue weighted by Crippen LogP contribution is 2.15. The lowest BCUT2D eigenvalue weighted by molar-refractivity contribution is 0.0877. The zero-order chi connectivity index (χ0) is 12.6. The van der Waals surface area contributed by atoms with Gasteiger partial charge in [-0.1, -0.05) is 30.3 Å². The van der Waals surface area contributed by atoms with Crippen molar-refractivity contribution >= 4 is 5.69 Å². The Morgan fingerprint density at radius 3 is 2.61 bits per heavy atom. The third-order valence-electron chi connectivity index (χ3n) is 2.38. The van der Waals surface area contributed by atoms with Gasteiger partial charge in [-0.05, 0) is 17.7 Å². The standard InChI is InChI=1S/C14H16N2O2/c15-13-7-4-8-16-14(13)18-10-9-17-11-12-5-2-1-3-6-12/h1-8H,9-11,15H2. The second-order valence-electron chi connectivity index (χ2n) is 3.78. The molecule has 4 nitrogen and oxygen atoms in total. The van der Waals surface area contributed by atoms with E-state index in [1.54, 1.807) is 18.3 Å². The molecule has 0 aliphatic rings. The summed E-state index contributed by atoms with van der Waals surface area (Å²) in [5, 5.41) is 0. The van der Waals surface area contributed by atoms with E-state index < -0.39 is 0 Å². The van der Waals surface area contributed by atoms with Crippen molar-refractivity contribution in [1.82, 2.24) is 4.98 Å². The molecule has 0 aliphatic heterocycles. The van der Waals surface area contributed by atoms with Crippen LogP contribution in [0.4, 0.5) is 5.69 Å². The van der Waals surface area contributed by atoms with Gasteiger partial charge in [-0.25, -0.2) is 4.98 Å². The van der Waals surface area contributed by atoms with Gasteiger partial charge in [-0.15, -0.1) is 0 Å². The van der Waals surface area contributed by atoms with E-state index in [1.807, 2.05) is 30.3 Å². The molecule has 1 aromatic heterocycles. The summed E-state index contributed by atoms with van der Waals surface area (Å²) in [6.07, 6.45) is 1.65. The van der Waals surface area contributed by atoms with Crippen LogP contribution in [0.3, 0.4) is 0 Å². The number of benzene rings is 1. The lowest BCUT2D eigenvalue weighted by Crippen LogP contribution is -2.08. The van der Waals surface area contributed by atoms with Gasteiger partial charge < -0.3 is 15.2 Å². The predicted molar refractivity (Wildman–Crippen MR) is 70.2 cm³/mol. The van der Waals surface area contributed by atoms with E-state index in [0.29, 0.717) is 31.4 Å². The Labute approximate surface area is 106 Å². The van der Waals surface area contributed by atoms with E-state index in [-0.39, 0.29) is 0 Å². The van der Waals surface area contributed by atoms with Crippen LogP contribution >= 0.6 is 0 Å². The molecule has 1 aromatic carbocycles. The number of nitrogens with two attached hydrogens (primary N) is 1. The minimum atomic E-state index is 0.439. The Morgan fingerprint density at radius 2 is 1.83 bits per heavy atom. The van der Waals surface area contributed by atoms with E-state index in [9.17, 15) is 0 Å². The SMILES string of the molecule is Nc1cccnc1OCCOCc1ccccc1. The number of rotatable bonds is 6. The van der Waals surface area contributed by atoms with Crippen molar-refractivity contribution in [3.05, 3.63) is 54.2 Å². The Morgan fingerprint density at radius 1 is 1.00 bits per heavy atom. The summed E-state index contributed by atoms with van der Waals surface area (Å²) in [6.45, 7) is 1.53. The molecule has 0 bridgehead atoms. The van der Waals surface area contributed by atoms with Crippen LogP contribution in [0.1, 0.15) is 5.56 Å². The number of anilines is 1. The molecular formula is C14H16N2O2. The number of hydrogen-bond donors (Lipinski definition) is 1. The molecule has 2 N–H and O–H groups in total. The highest BCUT2D eigenvalue weighted by Gasteiger charge is 1.99. The van der Waals surface area contributed by atoms with Gasteiger partial charge in [0.15, 0.2) is 0 Å². The summed E-state index contributed by atoms with van der Waals surface area (Å²) in [7, 11) is 0. The van der Waals surface area contributed by atoms with Gasteiger partial charge in [-0.3, -0.25) is 0 Å². The first kappa shape index (κ1) is 12.4. The third kappa shape index (κ3) is 3.75. The number of hydrogen-bond acceptors (Lipinski definition) is 4. The summed E-state index contributed by atoms with van der Waals surface area (Å²) in [5.74, 6) is 0.459. The molecule has 1 heterocycles. The molecule has 18 heavy (non-hydrogen) atoms. The molecule has 0 saturated heterocycles. The maximum Gasteiger partial charge on any atom is 0.237 e. The lowest BCUT2D eigenvalue weighted by Gasteiger charge is -2.07. The van der Waals surface area contributed by atoms with Crippen molar-refractivity contribution in [2.75, 3.05) is 18.9 Å². The quantitative estimate of drug-likeness (QED) is 0.792. The topological polar surface area (TPSA) is 57.4 Å². The first-order chi connectivity index (χ1) is 8.86. The minimum Gasteiger partial charge on any atom is -0.474 e. The Balaban J connectivity index is 1.66. The smallest absolute Gasteiger partial charge is 0.237 e. The molecule has 0 radical (unpaired) electrons. The van der Waals surface area contributed by atoms with Crippen LogP contribution in [0.15, 0.2) is 48.7 Å². The Hall–Kier alpha value is -2.07. The van der Waals surface area contributed by atoms with E-state index in [2.05, 4.69) is 4.98 Å². The minimum absolute atomic E-state index is 0.439. The molecule has 0 saturated carbocycles. The number of nitrogens with zero attached hydrogens (tertiary/aromatic N) is 1. The third-order valence-corrected chi connectivity index (χ3v) is 2.38. The molecule has 4 heteroatoms. The van der Waals surface area contributed by atoms with Crippen LogP contribution in [0, 0.1) is 0 Å². The normalized spacial score (nSPS) is 10.2. The van der Waals surface area contributed by atoms with Crippen molar-refractivity contribution < 1.29 is 9.47 Å². The van der Waals surface area contributed by atoms with Gasteiger partial charge in [0.2, 0.25) is 5.88 Å². The van der Waals surface area contributed by atoms with Crippen LogP contribution in [-0.4, -0.2) is 18.2 Å². The summed E-state index contributed by atoms with van der Waals surface area (Å²) in [5.41, 5.74) is 7.39. The van der Waals surface area contributed by atoms with E-state index in [4.69, 9.17) is 15.2 Å². The number of ether oxygens (including phenoxy) is 2. The van der Waals surface area contributed by atoms with Gasteiger partial charge in [0.25, 0.3) is 0 Å². The van der Waals surface area contributed by atoms with Gasteiger partial charge in [-0.2, -0.15) is 0 Å². The molecular weight excluding hydrogens is 228 g/mol. The van der Waals surface area contributed by atoms with Gasteiger partial charge in [0.1, 0.15) is 6.61 Å². The van der Waals surface area contributed by atoms with Crippen LogP contribution in [0.5, 0.6) is 5.88 Å². The fourth-order valence-electron chi connectivity index (χ4n) is 1.49. The summed E-state index contributed by atoms with van der Waals surface area (Å²) < 4.78 is 10.9. The first-order valence-electron chi connectivity index (χ1n) is 5.81. The highest BCUT2D eigenvalue weighted by atomic mass is 16.5. The molecule has 2 aromatic rings. The van der Waals surface area contributed by atoms with Crippen LogP contribution in [-0.2, 0) is 11.3 Å². The average Bonchev–Trinajstić information content (AvgIpc) is 2.42. The molecule has 0 unspecified atom stereocenters. The van der Waals surface area contributed by atoms with Crippen molar-refractivity contribution in [1.29, 1.82) is 0 Å². The fraction of sp³-hybridized carbons (Fsp3) is 0.214. The Bertz CT molecular complexity index is 474. The second kappa shape index (κ2) is 6.61. The maximum absolute atomic E-state index is 5.70. The molecule has 0 amide bonds. The molecule has 0 aliphatic carbocycles. The molecule has 0 atom stereocenters. The average molecular weight is 244 g/mol.